The normalized spacial score (nSPS) is 13.1. The minimum absolute atomic E-state index is 0.972. The van der Waals surface area contributed by atoms with Gasteiger partial charge in [0.05, 0.1) is 0 Å². The second-order valence-electron chi connectivity index (χ2n) is 6.44. The lowest BCUT2D eigenvalue weighted by Crippen LogP contribution is -1.99. The molecule has 0 aliphatic heterocycles. The Bertz CT molecular complexity index is 204. The third-order valence-corrected chi connectivity index (χ3v) is 4.46. The van der Waals surface area contributed by atoms with Gasteiger partial charge in [-0.2, -0.15) is 0 Å². The molecule has 0 saturated heterocycles. The number of unbranched alkanes of at least 4 members (excludes halogenated alkanes) is 9. The van der Waals surface area contributed by atoms with Gasteiger partial charge in [-0.25, -0.2) is 0 Å². The fourth-order valence-corrected chi connectivity index (χ4v) is 2.89. The molecule has 0 aromatic heterocycles. The van der Waals surface area contributed by atoms with Crippen molar-refractivity contribution in [2.45, 2.75) is 103 Å². The highest BCUT2D eigenvalue weighted by molar-refractivity contribution is 4.81. The predicted molar refractivity (Wildman–Crippen MR) is 98.3 cm³/mol. The molecule has 0 aromatic rings. The highest BCUT2D eigenvalue weighted by Crippen LogP contribution is 2.20. The molecule has 0 aliphatic rings. The number of hydrogen-bond acceptors (Lipinski definition) is 0. The monoisotopic (exact) mass is 292 g/mol. The average molecular weight is 293 g/mol. The molecule has 0 nitrogen and oxygen atoms in total. The lowest BCUT2D eigenvalue weighted by atomic mass is 9.92. The van der Waals surface area contributed by atoms with Crippen molar-refractivity contribution in [3.8, 4) is 0 Å². The van der Waals surface area contributed by atoms with Gasteiger partial charge in [-0.05, 0) is 31.6 Å². The lowest BCUT2D eigenvalue weighted by Gasteiger charge is -2.14. The first-order valence-electron chi connectivity index (χ1n) is 9.58. The summed E-state index contributed by atoms with van der Waals surface area (Å²) in [6.45, 7) is 10.2. The third kappa shape index (κ3) is 15.9. The molecular formula is C21H40. The Hall–Kier alpha value is -0.260. The van der Waals surface area contributed by atoms with Crippen molar-refractivity contribution in [1.82, 2.24) is 0 Å². The quantitative estimate of drug-likeness (QED) is 0.202. The molecule has 0 heterocycles. The minimum atomic E-state index is 0.972. The Morgan fingerprint density at radius 3 is 1.67 bits per heavy atom. The van der Waals surface area contributed by atoms with E-state index in [-0.39, 0.29) is 0 Å². The number of rotatable bonds is 16. The van der Waals surface area contributed by atoms with E-state index in [0.717, 1.165) is 18.8 Å². The summed E-state index contributed by atoms with van der Waals surface area (Å²) in [6, 6.07) is 0. The van der Waals surface area contributed by atoms with Gasteiger partial charge in [0.25, 0.3) is 0 Å². The van der Waals surface area contributed by atoms with E-state index in [4.69, 9.17) is 0 Å². The Kier molecular flexibility index (Phi) is 17.6. The van der Waals surface area contributed by atoms with Crippen LogP contribution in [0.1, 0.15) is 103 Å². The van der Waals surface area contributed by atoms with Crippen LogP contribution in [0, 0.1) is 19.8 Å². The van der Waals surface area contributed by atoms with Gasteiger partial charge in [0.1, 0.15) is 0 Å². The van der Waals surface area contributed by atoms with Crippen molar-refractivity contribution in [2.75, 3.05) is 0 Å². The predicted octanol–water partition coefficient (Wildman–Crippen LogP) is 7.70. The zero-order chi connectivity index (χ0) is 15.6. The third-order valence-electron chi connectivity index (χ3n) is 4.46. The van der Waals surface area contributed by atoms with E-state index in [1.54, 1.807) is 0 Å². The molecule has 0 fully saturated rings. The molecule has 0 heteroatoms. The molecule has 0 saturated carbocycles. The first-order chi connectivity index (χ1) is 10.3. The summed E-state index contributed by atoms with van der Waals surface area (Å²) in [5.41, 5.74) is 0. The van der Waals surface area contributed by atoms with Gasteiger partial charge in [0.2, 0.25) is 0 Å². The topological polar surface area (TPSA) is 0 Å². The van der Waals surface area contributed by atoms with Gasteiger partial charge in [-0.15, -0.1) is 0 Å². The summed E-state index contributed by atoms with van der Waals surface area (Å²) in [7, 11) is 0. The van der Waals surface area contributed by atoms with E-state index in [1.807, 2.05) is 0 Å². The van der Waals surface area contributed by atoms with Crippen LogP contribution >= 0.6 is 0 Å². The van der Waals surface area contributed by atoms with Crippen LogP contribution in [0.25, 0.3) is 0 Å². The van der Waals surface area contributed by atoms with Crippen molar-refractivity contribution < 1.29 is 0 Å². The molecule has 0 bridgehead atoms. The highest BCUT2D eigenvalue weighted by atomic mass is 14.1. The maximum atomic E-state index is 3.93. The summed E-state index contributed by atoms with van der Waals surface area (Å²) in [6.07, 6.45) is 24.7. The summed E-state index contributed by atoms with van der Waals surface area (Å²) in [5.74, 6) is 0.972. The molecule has 1 atom stereocenters. The highest BCUT2D eigenvalue weighted by Gasteiger charge is 2.05. The molecule has 0 rings (SSSR count). The second kappa shape index (κ2) is 17.8. The summed E-state index contributed by atoms with van der Waals surface area (Å²) < 4.78 is 0. The van der Waals surface area contributed by atoms with Gasteiger partial charge in [-0.3, -0.25) is 0 Å². The molecule has 1 unspecified atom stereocenters. The summed E-state index contributed by atoms with van der Waals surface area (Å²) in [5, 5.41) is 0. The molecular weight excluding hydrogens is 252 g/mol. The molecule has 0 spiro atoms. The Morgan fingerprint density at radius 1 is 0.667 bits per heavy atom. The molecule has 0 N–H and O–H groups in total. The number of hydrogen-bond donors (Lipinski definition) is 0. The maximum absolute atomic E-state index is 3.93. The fourth-order valence-electron chi connectivity index (χ4n) is 2.89. The molecule has 0 aliphatic carbocycles. The van der Waals surface area contributed by atoms with Gasteiger partial charge in [0, 0.05) is 0 Å². The van der Waals surface area contributed by atoms with Crippen LogP contribution in [0.2, 0.25) is 0 Å². The van der Waals surface area contributed by atoms with Crippen LogP contribution < -0.4 is 0 Å². The zero-order valence-electron chi connectivity index (χ0n) is 14.8. The second-order valence-corrected chi connectivity index (χ2v) is 6.44. The lowest BCUT2D eigenvalue weighted by molar-refractivity contribution is 0.399. The SMILES string of the molecule is [CH2]CCCCCC=CCCCCCC(CC)CCCC[CH2]. The van der Waals surface area contributed by atoms with E-state index < -0.39 is 0 Å². The number of allylic oxidation sites excluding steroid dienone is 2. The van der Waals surface area contributed by atoms with Crippen LogP contribution in [-0.4, -0.2) is 0 Å². The first kappa shape index (κ1) is 20.7. The minimum Gasteiger partial charge on any atom is -0.0885 e. The smallest absolute Gasteiger partial charge is 0.0351 e. The molecule has 124 valence electrons. The van der Waals surface area contributed by atoms with Gasteiger partial charge in [-0.1, -0.05) is 104 Å². The van der Waals surface area contributed by atoms with Crippen molar-refractivity contribution in [3.63, 3.8) is 0 Å². The summed E-state index contributed by atoms with van der Waals surface area (Å²) >= 11 is 0. The summed E-state index contributed by atoms with van der Waals surface area (Å²) in [4.78, 5) is 0. The Labute approximate surface area is 135 Å². The van der Waals surface area contributed by atoms with Crippen molar-refractivity contribution in [3.05, 3.63) is 26.0 Å². The van der Waals surface area contributed by atoms with E-state index in [0.29, 0.717) is 0 Å². The maximum Gasteiger partial charge on any atom is -0.0351 e. The van der Waals surface area contributed by atoms with E-state index in [2.05, 4.69) is 32.9 Å². The van der Waals surface area contributed by atoms with Crippen molar-refractivity contribution >= 4 is 0 Å². The Balaban J connectivity index is 3.31. The van der Waals surface area contributed by atoms with Gasteiger partial charge >= 0.3 is 0 Å². The molecule has 21 heavy (non-hydrogen) atoms. The standard InChI is InChI=1S/C21H40/c1-4-7-9-10-11-12-13-14-15-16-18-20-21(6-3)19-17-8-5-2/h12-13,21H,1-2,4-11,14-20H2,3H3. The van der Waals surface area contributed by atoms with E-state index >= 15 is 0 Å². The van der Waals surface area contributed by atoms with Gasteiger partial charge in [0.15, 0.2) is 0 Å². The molecule has 2 radical (unpaired) electrons. The molecule has 0 aromatic carbocycles. The average Bonchev–Trinajstić information content (AvgIpc) is 2.51. The van der Waals surface area contributed by atoms with Crippen LogP contribution in [-0.2, 0) is 0 Å². The fraction of sp³-hybridized carbons (Fsp3) is 0.810. The van der Waals surface area contributed by atoms with Gasteiger partial charge < -0.3 is 0 Å². The molecule has 0 amide bonds. The van der Waals surface area contributed by atoms with Crippen LogP contribution in [0.5, 0.6) is 0 Å². The Morgan fingerprint density at radius 2 is 1.14 bits per heavy atom. The van der Waals surface area contributed by atoms with E-state index in [1.165, 1.54) is 83.5 Å². The zero-order valence-corrected chi connectivity index (χ0v) is 14.8. The first-order valence-corrected chi connectivity index (χ1v) is 9.58. The van der Waals surface area contributed by atoms with E-state index in [9.17, 15) is 0 Å². The largest absolute Gasteiger partial charge is 0.0885 e. The van der Waals surface area contributed by atoms with Crippen LogP contribution in [0.4, 0.5) is 0 Å². The van der Waals surface area contributed by atoms with Crippen LogP contribution in [0.15, 0.2) is 12.2 Å². The van der Waals surface area contributed by atoms with Crippen LogP contribution in [0.3, 0.4) is 0 Å². The van der Waals surface area contributed by atoms with Crippen molar-refractivity contribution in [1.29, 1.82) is 0 Å². The van der Waals surface area contributed by atoms with Crippen molar-refractivity contribution in [2.24, 2.45) is 5.92 Å².